The van der Waals surface area contributed by atoms with Crippen molar-refractivity contribution in [2.45, 2.75) is 103 Å². The van der Waals surface area contributed by atoms with Crippen molar-refractivity contribution < 1.29 is 45.9 Å². The number of hydrogen-bond donors (Lipinski definition) is 5. The summed E-state index contributed by atoms with van der Waals surface area (Å²) in [5.41, 5.74) is 5.18. The number of benzene rings is 3. The number of piperidine rings is 1. The Hall–Kier alpha value is -6.76. The first-order chi connectivity index (χ1) is 39.1. The number of alkyl halides is 1. The summed E-state index contributed by atoms with van der Waals surface area (Å²) >= 11 is 1.57. The molecule has 4 aliphatic rings. The number of amides is 3. The van der Waals surface area contributed by atoms with Crippen molar-refractivity contribution >= 4 is 67.5 Å². The molecule has 0 bridgehead atoms. The molecule has 0 spiro atoms. The van der Waals surface area contributed by atoms with E-state index in [4.69, 9.17) is 0 Å². The van der Waals surface area contributed by atoms with Gasteiger partial charge in [-0.15, -0.1) is 11.3 Å². The number of halogens is 3. The molecule has 5 N–H and O–H groups in total. The first-order valence-electron chi connectivity index (χ1n) is 27.9. The summed E-state index contributed by atoms with van der Waals surface area (Å²) < 4.78 is 73.5. The SMILES string of the molecule is Cc1ncsc1-c1ccc(C(C)NC(=O)[C@@H]2C[C@@H](O)CN2C(=O)C(NC(=O)CN2CCCN(C3CCN(c4ccc(-c5cnc6[nH]cc(C(=O)c7c(F)ccc(NS(=O)(=O)N8CC[C@@H](F)C8)c7F)c6c5)cc4)CC3)CC2)C(C)(C)C)cc1. The van der Waals surface area contributed by atoms with E-state index in [1.54, 1.807) is 23.6 Å². The molecule has 18 nitrogen and oxygen atoms in total. The van der Waals surface area contributed by atoms with Crippen molar-refractivity contribution in [3.05, 3.63) is 119 Å². The third-order valence-electron chi connectivity index (χ3n) is 16.4. The lowest BCUT2D eigenvalue weighted by molar-refractivity contribution is -0.144. The van der Waals surface area contributed by atoms with Gasteiger partial charge in [-0.2, -0.15) is 12.7 Å². The van der Waals surface area contributed by atoms with Crippen LogP contribution >= 0.6 is 11.3 Å². The van der Waals surface area contributed by atoms with Gasteiger partial charge in [0.05, 0.1) is 46.0 Å². The monoisotopic (exact) mass is 1170 g/mol. The summed E-state index contributed by atoms with van der Waals surface area (Å²) in [6.45, 7) is 13.9. The Morgan fingerprint density at radius 2 is 1.60 bits per heavy atom. The average Bonchev–Trinajstić information content (AvgIpc) is 4.15. The molecule has 82 heavy (non-hydrogen) atoms. The lowest BCUT2D eigenvalue weighted by Crippen LogP contribution is -2.58. The molecule has 5 atom stereocenters. The largest absolute Gasteiger partial charge is 0.391 e. The zero-order valence-corrected chi connectivity index (χ0v) is 48.3. The van der Waals surface area contributed by atoms with Gasteiger partial charge in [0, 0.05) is 92.9 Å². The number of thiazole rings is 1. The Labute approximate surface area is 479 Å². The Bertz CT molecular complexity index is 3440. The molecule has 0 aliphatic carbocycles. The van der Waals surface area contributed by atoms with Crippen LogP contribution in [0.15, 0.2) is 84.6 Å². The molecule has 4 saturated heterocycles. The van der Waals surface area contributed by atoms with Crippen molar-refractivity contribution in [1.82, 2.24) is 44.6 Å². The standard InChI is InChI=1S/C59H70F3N11O7S2/c1-35(37-7-9-39(10-8-37)54-36(2)65-34-81-54)66-57(77)49-28-44(74)32-73(49)58(78)55(59(3,4)5)67-50(75)33-69-20-6-21-70(26-25-69)43-18-22-71(23-19-43)42-13-11-38(12-14-42)40-27-45-46(30-64-56(45)63-29-40)53(76)51-47(61)15-16-48(52(51)62)68-82(79,80)72-24-17-41(60)31-72/h7-16,27,29-30,34-35,41,43-44,49,55,68,74H,6,17-26,28,31-33H2,1-5H3,(H,63,64)(H,66,77)(H,67,75)/t35?,41-,44-,49+,55?/m1/s1. The molecule has 6 aromatic rings. The number of likely N-dealkylation sites (tertiary alicyclic amines) is 1. The van der Waals surface area contributed by atoms with Crippen LogP contribution in [-0.2, 0) is 24.6 Å². The fourth-order valence-electron chi connectivity index (χ4n) is 11.7. The highest BCUT2D eigenvalue weighted by Gasteiger charge is 2.45. The van der Waals surface area contributed by atoms with Gasteiger partial charge in [0.2, 0.25) is 23.5 Å². The molecule has 3 aromatic heterocycles. The molecular formula is C59H70F3N11O7S2. The summed E-state index contributed by atoms with van der Waals surface area (Å²) in [6, 6.07) is 17.5. The quantitative estimate of drug-likeness (QED) is 0.0608. The molecule has 2 unspecified atom stereocenters. The van der Waals surface area contributed by atoms with E-state index >= 15 is 8.78 Å². The van der Waals surface area contributed by atoms with E-state index in [0.717, 1.165) is 101 Å². The molecule has 3 amide bonds. The number of H-pyrrole nitrogens is 1. The van der Waals surface area contributed by atoms with Gasteiger partial charge in [-0.3, -0.25) is 33.7 Å². The second-order valence-electron chi connectivity index (χ2n) is 23.1. The molecule has 4 fully saturated rings. The summed E-state index contributed by atoms with van der Waals surface area (Å²) in [5.74, 6) is -4.63. The molecule has 7 heterocycles. The summed E-state index contributed by atoms with van der Waals surface area (Å²) in [5, 5.41) is 17.2. The second-order valence-corrected chi connectivity index (χ2v) is 25.6. The maximum absolute atomic E-state index is 15.9. The first-order valence-corrected chi connectivity index (χ1v) is 30.3. The summed E-state index contributed by atoms with van der Waals surface area (Å²) in [6.07, 6.45) is 3.55. The van der Waals surface area contributed by atoms with Crippen LogP contribution in [0.4, 0.5) is 24.5 Å². The summed E-state index contributed by atoms with van der Waals surface area (Å²) in [4.78, 5) is 77.1. The number of aryl methyl sites for hydroxylation is 1. The van der Waals surface area contributed by atoms with E-state index in [2.05, 4.69) is 40.3 Å². The van der Waals surface area contributed by atoms with Gasteiger partial charge in [0.1, 0.15) is 29.7 Å². The Morgan fingerprint density at radius 3 is 2.28 bits per heavy atom. The number of aromatic amines is 1. The van der Waals surface area contributed by atoms with Gasteiger partial charge in [0.15, 0.2) is 5.82 Å². The third-order valence-corrected chi connectivity index (χ3v) is 18.8. The van der Waals surface area contributed by atoms with E-state index < -0.39 is 81.1 Å². The molecule has 0 radical (unpaired) electrons. The molecule has 0 saturated carbocycles. The topological polar surface area (TPSA) is 217 Å². The number of carbonyl (C=O) groups excluding carboxylic acids is 4. The lowest BCUT2D eigenvalue weighted by atomic mass is 9.85. The zero-order chi connectivity index (χ0) is 58.2. The normalized spacial score (nSPS) is 20.7. The van der Waals surface area contributed by atoms with Gasteiger partial charge in [-0.25, -0.2) is 23.1 Å². The number of aliphatic hydroxyl groups excluding tert-OH is 1. The molecule has 436 valence electrons. The predicted molar refractivity (Wildman–Crippen MR) is 309 cm³/mol. The number of anilines is 2. The van der Waals surface area contributed by atoms with Crippen LogP contribution in [0.5, 0.6) is 0 Å². The Morgan fingerprint density at radius 1 is 0.866 bits per heavy atom. The number of aliphatic hydroxyl groups is 1. The summed E-state index contributed by atoms with van der Waals surface area (Å²) in [7, 11) is -4.38. The maximum atomic E-state index is 15.9. The van der Waals surface area contributed by atoms with Crippen LogP contribution in [0.25, 0.3) is 32.6 Å². The van der Waals surface area contributed by atoms with Gasteiger partial charge in [-0.1, -0.05) is 57.2 Å². The van der Waals surface area contributed by atoms with Crippen LogP contribution in [0.1, 0.15) is 93.0 Å². The highest BCUT2D eigenvalue weighted by atomic mass is 32.2. The molecule has 4 aliphatic heterocycles. The van der Waals surface area contributed by atoms with Crippen molar-refractivity contribution in [3.8, 4) is 21.6 Å². The minimum atomic E-state index is -4.38. The third kappa shape index (κ3) is 12.7. The number of pyridine rings is 1. The fraction of sp³-hybridized carbons (Fsp3) is 0.458. The second kappa shape index (κ2) is 24.2. The number of aromatic nitrogens is 3. The van der Waals surface area contributed by atoms with Crippen molar-refractivity contribution in [2.24, 2.45) is 5.41 Å². The number of nitrogens with zero attached hydrogens (tertiary/aromatic N) is 7. The van der Waals surface area contributed by atoms with Crippen LogP contribution in [0.2, 0.25) is 0 Å². The minimum absolute atomic E-state index is 0.00704. The van der Waals surface area contributed by atoms with Gasteiger partial charge < -0.3 is 30.5 Å². The molecule has 23 heteroatoms. The van der Waals surface area contributed by atoms with Crippen molar-refractivity contribution in [2.75, 3.05) is 75.1 Å². The Kier molecular flexibility index (Phi) is 17.3. The highest BCUT2D eigenvalue weighted by Crippen LogP contribution is 2.34. The number of fused-ring (bicyclic) bond motifs is 1. The van der Waals surface area contributed by atoms with E-state index in [0.29, 0.717) is 29.2 Å². The van der Waals surface area contributed by atoms with E-state index in [-0.39, 0.29) is 55.9 Å². The fourth-order valence-corrected chi connectivity index (χ4v) is 13.8. The smallest absolute Gasteiger partial charge is 0.301 e. The number of β-amino-alcohol motifs (C(OH)–C–C–N with tert-alkyl or cyclic N) is 1. The number of rotatable bonds is 16. The van der Waals surface area contributed by atoms with Crippen LogP contribution < -0.4 is 20.3 Å². The van der Waals surface area contributed by atoms with Crippen LogP contribution in [0.3, 0.4) is 0 Å². The van der Waals surface area contributed by atoms with E-state index in [9.17, 15) is 37.1 Å². The average molecular weight is 1170 g/mol. The van der Waals surface area contributed by atoms with Crippen LogP contribution in [-0.4, -0.2) is 167 Å². The zero-order valence-electron chi connectivity index (χ0n) is 46.6. The number of ketones is 1. The van der Waals surface area contributed by atoms with Gasteiger partial charge in [-0.05, 0) is 105 Å². The van der Waals surface area contributed by atoms with Crippen molar-refractivity contribution in [1.29, 1.82) is 0 Å². The maximum Gasteiger partial charge on any atom is 0.301 e. The van der Waals surface area contributed by atoms with E-state index in [1.165, 1.54) is 11.1 Å². The number of nitrogens with one attached hydrogen (secondary N) is 4. The van der Waals surface area contributed by atoms with Crippen LogP contribution in [0, 0.1) is 24.0 Å². The number of carbonyl (C=O) groups is 4. The molecule has 3 aromatic carbocycles. The first kappa shape index (κ1) is 58.4. The van der Waals surface area contributed by atoms with Gasteiger partial charge in [0.25, 0.3) is 0 Å². The predicted octanol–water partition coefficient (Wildman–Crippen LogP) is 7.22. The van der Waals surface area contributed by atoms with E-state index in [1.807, 2.05) is 93.4 Å². The molecule has 10 rings (SSSR count). The molecular weight excluding hydrogens is 1100 g/mol. The minimum Gasteiger partial charge on any atom is -0.391 e. The number of hydrogen-bond acceptors (Lipinski definition) is 13. The van der Waals surface area contributed by atoms with Crippen molar-refractivity contribution in [3.63, 3.8) is 0 Å². The lowest BCUT2D eigenvalue weighted by Gasteiger charge is -2.39. The highest BCUT2D eigenvalue weighted by molar-refractivity contribution is 7.90. The van der Waals surface area contributed by atoms with Gasteiger partial charge >= 0.3 is 10.2 Å². The Balaban J connectivity index is 0.706.